The fourth-order valence-electron chi connectivity index (χ4n) is 4.16. The summed E-state index contributed by atoms with van der Waals surface area (Å²) in [6.07, 6.45) is 3.35. The van der Waals surface area contributed by atoms with Crippen molar-refractivity contribution in [1.82, 2.24) is 0 Å². The van der Waals surface area contributed by atoms with Gasteiger partial charge in [0.25, 0.3) is 0 Å². The molecule has 3 rings (SSSR count). The van der Waals surface area contributed by atoms with Crippen molar-refractivity contribution in [3.05, 3.63) is 33.3 Å². The minimum Gasteiger partial charge on any atom is -0.458 e. The van der Waals surface area contributed by atoms with Gasteiger partial charge in [-0.15, -0.1) is 0 Å². The minimum absolute atomic E-state index is 0.00574. The molecule has 0 aromatic heterocycles. The van der Waals surface area contributed by atoms with Gasteiger partial charge in [0.05, 0.1) is 10.6 Å². The number of ether oxygens (including phenoxy) is 1. The molecular weight excluding hydrogens is 352 g/mol. The van der Waals surface area contributed by atoms with Crippen LogP contribution in [0.2, 0.25) is 5.02 Å². The van der Waals surface area contributed by atoms with E-state index >= 15 is 0 Å². The average molecular weight is 372 g/mol. The van der Waals surface area contributed by atoms with Gasteiger partial charge in [-0.05, 0) is 48.8 Å². The molecule has 2 aliphatic rings. The Morgan fingerprint density at radius 3 is 2.67 bits per heavy atom. The number of hydrogen-bond donors (Lipinski definition) is 0. The quantitative estimate of drug-likeness (QED) is 0.644. The van der Waals surface area contributed by atoms with Gasteiger partial charge >= 0.3 is 5.97 Å². The molecule has 2 bridgehead atoms. The number of benzene rings is 1. The van der Waals surface area contributed by atoms with Crippen molar-refractivity contribution in [3.63, 3.8) is 0 Å². The first-order chi connectivity index (χ1) is 9.75. The molecule has 0 radical (unpaired) electrons. The topological polar surface area (TPSA) is 26.3 Å². The monoisotopic (exact) mass is 370 g/mol. The molecule has 21 heavy (non-hydrogen) atoms. The second kappa shape index (κ2) is 4.99. The molecular formula is C17H20BrClO2. The molecule has 0 N–H and O–H groups in total. The molecule has 0 spiro atoms. The fourth-order valence-corrected chi connectivity index (χ4v) is 4.71. The summed E-state index contributed by atoms with van der Waals surface area (Å²) in [4.78, 5) is 12.5. The van der Waals surface area contributed by atoms with Gasteiger partial charge in [-0.25, -0.2) is 4.79 Å². The average Bonchev–Trinajstić information content (AvgIpc) is 2.74. The number of hydrogen-bond acceptors (Lipinski definition) is 2. The summed E-state index contributed by atoms with van der Waals surface area (Å²) in [5.41, 5.74) is 0.750. The molecule has 2 saturated carbocycles. The lowest BCUT2D eigenvalue weighted by Crippen LogP contribution is -2.38. The maximum Gasteiger partial charge on any atom is 0.339 e. The van der Waals surface area contributed by atoms with Crippen LogP contribution in [0.15, 0.2) is 22.7 Å². The third-order valence-electron chi connectivity index (χ3n) is 6.11. The van der Waals surface area contributed by atoms with Crippen molar-refractivity contribution in [3.8, 4) is 0 Å². The van der Waals surface area contributed by atoms with Crippen LogP contribution in [0.25, 0.3) is 0 Å². The van der Waals surface area contributed by atoms with Crippen LogP contribution in [0.3, 0.4) is 0 Å². The van der Waals surface area contributed by atoms with Crippen LogP contribution in [-0.2, 0) is 4.74 Å². The molecule has 114 valence electrons. The lowest BCUT2D eigenvalue weighted by Gasteiger charge is -2.38. The van der Waals surface area contributed by atoms with Gasteiger partial charge in [0.1, 0.15) is 6.10 Å². The number of carbonyl (C=O) groups is 1. The maximum atomic E-state index is 12.5. The number of rotatable bonds is 2. The van der Waals surface area contributed by atoms with Gasteiger partial charge in [-0.3, -0.25) is 0 Å². The first kappa shape index (κ1) is 15.4. The van der Waals surface area contributed by atoms with E-state index in [-0.39, 0.29) is 22.9 Å². The Kier molecular flexibility index (Phi) is 3.65. The Morgan fingerprint density at radius 1 is 1.38 bits per heavy atom. The molecule has 1 aromatic rings. The highest BCUT2D eigenvalue weighted by Gasteiger charge is 2.62. The van der Waals surface area contributed by atoms with Gasteiger partial charge in [0, 0.05) is 9.89 Å². The third kappa shape index (κ3) is 2.24. The Bertz CT molecular complexity index is 598. The van der Waals surface area contributed by atoms with E-state index in [1.54, 1.807) is 12.1 Å². The van der Waals surface area contributed by atoms with E-state index in [4.69, 9.17) is 16.3 Å². The standard InChI is InChI=1S/C17H20BrClO2/c1-16(2)10-6-7-17(16,3)14(8-10)21-15(20)12-9-11(18)4-5-13(12)19/h4-5,9-10,14H,6-8H2,1-3H3. The predicted molar refractivity (Wildman–Crippen MR) is 87.6 cm³/mol. The predicted octanol–water partition coefficient (Wildman–Crippen LogP) is 5.47. The zero-order valence-electron chi connectivity index (χ0n) is 12.6. The molecule has 0 saturated heterocycles. The second-order valence-corrected chi connectivity index (χ2v) is 8.45. The molecule has 1 aromatic carbocycles. The van der Waals surface area contributed by atoms with E-state index in [1.807, 2.05) is 6.07 Å². The van der Waals surface area contributed by atoms with Crippen molar-refractivity contribution in [2.75, 3.05) is 0 Å². The molecule has 3 unspecified atom stereocenters. The van der Waals surface area contributed by atoms with Crippen molar-refractivity contribution >= 4 is 33.5 Å². The van der Waals surface area contributed by atoms with E-state index in [0.717, 1.165) is 17.3 Å². The fraction of sp³-hybridized carbons (Fsp3) is 0.588. The van der Waals surface area contributed by atoms with Gasteiger partial charge in [-0.2, -0.15) is 0 Å². The Hall–Kier alpha value is -0.540. The summed E-state index contributed by atoms with van der Waals surface area (Å²) in [6, 6.07) is 5.26. The second-order valence-electron chi connectivity index (χ2n) is 7.13. The Morgan fingerprint density at radius 2 is 2.10 bits per heavy atom. The van der Waals surface area contributed by atoms with Crippen molar-refractivity contribution in [2.45, 2.75) is 46.1 Å². The molecule has 2 fully saturated rings. The van der Waals surface area contributed by atoms with E-state index in [2.05, 4.69) is 36.7 Å². The largest absolute Gasteiger partial charge is 0.458 e. The third-order valence-corrected chi connectivity index (χ3v) is 6.93. The summed E-state index contributed by atoms with van der Waals surface area (Å²) in [5, 5.41) is 0.441. The van der Waals surface area contributed by atoms with Crippen LogP contribution in [0.1, 0.15) is 50.4 Å². The summed E-state index contributed by atoms with van der Waals surface area (Å²) in [5.74, 6) is 0.342. The van der Waals surface area contributed by atoms with Gasteiger partial charge < -0.3 is 4.74 Å². The Balaban J connectivity index is 1.82. The van der Waals surface area contributed by atoms with Crippen LogP contribution in [0, 0.1) is 16.7 Å². The van der Waals surface area contributed by atoms with Gasteiger partial charge in [0.15, 0.2) is 0 Å². The number of fused-ring (bicyclic) bond motifs is 2. The molecule has 0 amide bonds. The lowest BCUT2D eigenvalue weighted by molar-refractivity contribution is -0.0242. The summed E-state index contributed by atoms with van der Waals surface area (Å²) < 4.78 is 6.69. The summed E-state index contributed by atoms with van der Waals surface area (Å²) in [7, 11) is 0. The van der Waals surface area contributed by atoms with Crippen LogP contribution in [0.5, 0.6) is 0 Å². The van der Waals surface area contributed by atoms with Crippen LogP contribution >= 0.6 is 27.5 Å². The summed E-state index contributed by atoms with van der Waals surface area (Å²) in [6.45, 7) is 6.88. The first-order valence-electron chi connectivity index (χ1n) is 7.42. The molecule has 2 nitrogen and oxygen atoms in total. The zero-order valence-corrected chi connectivity index (χ0v) is 14.9. The highest BCUT2D eigenvalue weighted by atomic mass is 79.9. The highest BCUT2D eigenvalue weighted by Crippen LogP contribution is 2.66. The van der Waals surface area contributed by atoms with Crippen LogP contribution in [0.4, 0.5) is 0 Å². The molecule has 3 atom stereocenters. The van der Waals surface area contributed by atoms with Crippen molar-refractivity contribution in [2.24, 2.45) is 16.7 Å². The highest BCUT2D eigenvalue weighted by molar-refractivity contribution is 9.10. The normalized spacial score (nSPS) is 33.2. The minimum atomic E-state index is -0.309. The lowest BCUT2D eigenvalue weighted by atomic mass is 9.70. The van der Waals surface area contributed by atoms with Crippen molar-refractivity contribution in [1.29, 1.82) is 0 Å². The summed E-state index contributed by atoms with van der Waals surface area (Å²) >= 11 is 9.50. The molecule has 0 heterocycles. The van der Waals surface area contributed by atoms with Crippen LogP contribution < -0.4 is 0 Å². The Labute approximate surface area is 139 Å². The van der Waals surface area contributed by atoms with Crippen LogP contribution in [-0.4, -0.2) is 12.1 Å². The number of carbonyl (C=O) groups excluding carboxylic acids is 1. The zero-order chi connectivity index (χ0) is 15.4. The van der Waals surface area contributed by atoms with E-state index < -0.39 is 0 Å². The molecule has 2 aliphatic carbocycles. The maximum absolute atomic E-state index is 12.5. The van der Waals surface area contributed by atoms with E-state index in [9.17, 15) is 4.79 Å². The molecule has 4 heteroatoms. The SMILES string of the molecule is CC1(C)C2CCC1(C)C(OC(=O)c1cc(Br)ccc1Cl)C2. The first-order valence-corrected chi connectivity index (χ1v) is 8.59. The van der Waals surface area contributed by atoms with Crippen molar-refractivity contribution < 1.29 is 9.53 Å². The van der Waals surface area contributed by atoms with E-state index in [1.165, 1.54) is 6.42 Å². The molecule has 0 aliphatic heterocycles. The smallest absolute Gasteiger partial charge is 0.339 e. The number of esters is 1. The van der Waals surface area contributed by atoms with Gasteiger partial charge in [-0.1, -0.05) is 48.3 Å². The van der Waals surface area contributed by atoms with E-state index in [0.29, 0.717) is 16.5 Å². The number of halogens is 2. The van der Waals surface area contributed by atoms with Gasteiger partial charge in [0.2, 0.25) is 0 Å².